The van der Waals surface area contributed by atoms with Crippen molar-refractivity contribution in [3.05, 3.63) is 17.8 Å². The number of hydrogen-bond donors (Lipinski definition) is 1. The number of carbonyl (C=O) groups excluding carboxylic acids is 1. The van der Waals surface area contributed by atoms with E-state index in [9.17, 15) is 4.79 Å². The van der Waals surface area contributed by atoms with Crippen molar-refractivity contribution >= 4 is 11.8 Å². The van der Waals surface area contributed by atoms with Crippen LogP contribution in [0.3, 0.4) is 0 Å². The predicted molar refractivity (Wildman–Crippen MR) is 83.8 cm³/mol. The van der Waals surface area contributed by atoms with Crippen molar-refractivity contribution in [1.29, 1.82) is 0 Å². The van der Waals surface area contributed by atoms with Gasteiger partial charge in [0.1, 0.15) is 0 Å². The fraction of sp³-hybridized carbons (Fsp3) is 0.688. The van der Waals surface area contributed by atoms with Crippen LogP contribution >= 0.6 is 0 Å². The van der Waals surface area contributed by atoms with E-state index >= 15 is 0 Å². The SMILES string of the molecule is CN1CCC2(CCN(C(=O)Nc3ccc(C4CC4)nn3)C2)C1. The molecule has 1 saturated carbocycles. The van der Waals surface area contributed by atoms with Crippen LogP contribution in [-0.2, 0) is 0 Å². The van der Waals surface area contributed by atoms with Gasteiger partial charge in [-0.25, -0.2) is 4.79 Å². The second kappa shape index (κ2) is 5.19. The molecule has 1 aromatic heterocycles. The number of anilines is 1. The summed E-state index contributed by atoms with van der Waals surface area (Å²) in [6.45, 7) is 3.94. The highest BCUT2D eigenvalue weighted by Crippen LogP contribution is 2.39. The predicted octanol–water partition coefficient (Wildman–Crippen LogP) is 1.91. The lowest BCUT2D eigenvalue weighted by atomic mass is 9.86. The highest BCUT2D eigenvalue weighted by atomic mass is 16.2. The van der Waals surface area contributed by atoms with Crippen molar-refractivity contribution in [1.82, 2.24) is 20.0 Å². The molecule has 3 aliphatic rings. The van der Waals surface area contributed by atoms with Gasteiger partial charge in [0.15, 0.2) is 5.82 Å². The minimum absolute atomic E-state index is 0.0418. The number of hydrogen-bond acceptors (Lipinski definition) is 4. The Kier molecular flexibility index (Phi) is 3.29. The largest absolute Gasteiger partial charge is 0.324 e. The summed E-state index contributed by atoms with van der Waals surface area (Å²) in [6, 6.07) is 3.81. The molecule has 1 unspecified atom stereocenters. The summed E-state index contributed by atoms with van der Waals surface area (Å²) in [7, 11) is 2.16. The van der Waals surface area contributed by atoms with Crippen molar-refractivity contribution in [3.8, 4) is 0 Å². The number of nitrogens with zero attached hydrogens (tertiary/aromatic N) is 4. The highest BCUT2D eigenvalue weighted by molar-refractivity contribution is 5.88. The first-order valence-corrected chi connectivity index (χ1v) is 8.22. The Bertz CT molecular complexity index is 570. The maximum absolute atomic E-state index is 12.4. The van der Waals surface area contributed by atoms with Gasteiger partial charge in [-0.1, -0.05) is 0 Å². The van der Waals surface area contributed by atoms with E-state index in [1.807, 2.05) is 17.0 Å². The van der Waals surface area contributed by atoms with Gasteiger partial charge in [-0.3, -0.25) is 5.32 Å². The normalized spacial score (nSPS) is 28.5. The van der Waals surface area contributed by atoms with Crippen LogP contribution in [0.2, 0.25) is 0 Å². The Hall–Kier alpha value is -1.69. The first-order valence-electron chi connectivity index (χ1n) is 8.22. The third-order valence-electron chi connectivity index (χ3n) is 5.27. The lowest BCUT2D eigenvalue weighted by Gasteiger charge is -2.23. The number of carbonyl (C=O) groups is 1. The van der Waals surface area contributed by atoms with E-state index < -0.39 is 0 Å². The van der Waals surface area contributed by atoms with E-state index in [1.165, 1.54) is 19.3 Å². The van der Waals surface area contributed by atoms with E-state index in [1.54, 1.807) is 0 Å². The lowest BCUT2D eigenvalue weighted by molar-refractivity contribution is 0.212. The van der Waals surface area contributed by atoms with E-state index in [0.717, 1.165) is 38.3 Å². The molecular formula is C16H23N5O. The first kappa shape index (κ1) is 13.9. The molecule has 1 aliphatic carbocycles. The molecule has 2 amide bonds. The van der Waals surface area contributed by atoms with Crippen LogP contribution < -0.4 is 5.32 Å². The van der Waals surface area contributed by atoms with E-state index in [0.29, 0.717) is 17.2 Å². The molecule has 118 valence electrons. The minimum atomic E-state index is -0.0418. The molecule has 1 spiro atoms. The van der Waals surface area contributed by atoms with E-state index in [-0.39, 0.29) is 6.03 Å². The summed E-state index contributed by atoms with van der Waals surface area (Å²) >= 11 is 0. The van der Waals surface area contributed by atoms with Crippen LogP contribution in [0.5, 0.6) is 0 Å². The summed E-state index contributed by atoms with van der Waals surface area (Å²) < 4.78 is 0. The van der Waals surface area contributed by atoms with Crippen molar-refractivity contribution in [2.75, 3.05) is 38.5 Å². The maximum atomic E-state index is 12.4. The Morgan fingerprint density at radius 1 is 1.23 bits per heavy atom. The number of likely N-dealkylation sites (tertiary alicyclic amines) is 2. The van der Waals surface area contributed by atoms with Gasteiger partial charge in [-0.15, -0.1) is 5.10 Å². The molecule has 6 heteroatoms. The van der Waals surface area contributed by atoms with Gasteiger partial charge in [-0.05, 0) is 51.4 Å². The van der Waals surface area contributed by atoms with Crippen LogP contribution in [0.4, 0.5) is 10.6 Å². The topological polar surface area (TPSA) is 61.4 Å². The second-order valence-electron chi connectivity index (χ2n) is 7.21. The summed E-state index contributed by atoms with van der Waals surface area (Å²) in [5.41, 5.74) is 1.36. The van der Waals surface area contributed by atoms with Gasteiger partial charge < -0.3 is 9.80 Å². The Balaban J connectivity index is 1.36. The van der Waals surface area contributed by atoms with Crippen molar-refractivity contribution in [2.24, 2.45) is 5.41 Å². The van der Waals surface area contributed by atoms with Crippen molar-refractivity contribution < 1.29 is 4.79 Å². The fourth-order valence-electron chi connectivity index (χ4n) is 3.80. The number of aromatic nitrogens is 2. The van der Waals surface area contributed by atoms with Crippen molar-refractivity contribution in [2.45, 2.75) is 31.6 Å². The smallest absolute Gasteiger partial charge is 0.323 e. The van der Waals surface area contributed by atoms with E-state index in [2.05, 4.69) is 27.5 Å². The molecule has 1 N–H and O–H groups in total. The summed E-state index contributed by atoms with van der Waals surface area (Å²) in [4.78, 5) is 16.7. The summed E-state index contributed by atoms with van der Waals surface area (Å²) in [5.74, 6) is 1.15. The van der Waals surface area contributed by atoms with Gasteiger partial charge in [0, 0.05) is 31.0 Å². The lowest BCUT2D eigenvalue weighted by Crippen LogP contribution is -2.36. The molecule has 3 fully saturated rings. The second-order valence-corrected chi connectivity index (χ2v) is 7.21. The Labute approximate surface area is 130 Å². The van der Waals surface area contributed by atoms with Gasteiger partial charge in [0.2, 0.25) is 0 Å². The zero-order valence-electron chi connectivity index (χ0n) is 13.1. The third kappa shape index (κ3) is 2.67. The molecule has 6 nitrogen and oxygen atoms in total. The number of amides is 2. The monoisotopic (exact) mass is 301 g/mol. The summed E-state index contributed by atoms with van der Waals surface area (Å²) in [5, 5.41) is 11.2. The Morgan fingerprint density at radius 3 is 2.68 bits per heavy atom. The van der Waals surface area contributed by atoms with E-state index in [4.69, 9.17) is 0 Å². The molecule has 1 aromatic rings. The zero-order valence-corrected chi connectivity index (χ0v) is 13.1. The highest BCUT2D eigenvalue weighted by Gasteiger charge is 2.43. The molecule has 22 heavy (non-hydrogen) atoms. The van der Waals surface area contributed by atoms with Crippen LogP contribution in [-0.4, -0.2) is 59.3 Å². The van der Waals surface area contributed by atoms with Crippen LogP contribution in [0.15, 0.2) is 12.1 Å². The van der Waals surface area contributed by atoms with Gasteiger partial charge in [0.25, 0.3) is 0 Å². The first-order chi connectivity index (χ1) is 10.6. The van der Waals surface area contributed by atoms with Crippen LogP contribution in [0, 0.1) is 5.41 Å². The van der Waals surface area contributed by atoms with Gasteiger partial charge in [0.05, 0.1) is 5.69 Å². The van der Waals surface area contributed by atoms with Gasteiger partial charge in [-0.2, -0.15) is 5.10 Å². The Morgan fingerprint density at radius 2 is 2.05 bits per heavy atom. The molecule has 0 aromatic carbocycles. The van der Waals surface area contributed by atoms with Crippen LogP contribution in [0.25, 0.3) is 0 Å². The standard InChI is InChI=1S/C16H23N5O/c1-20-8-6-16(10-20)7-9-21(11-16)15(22)17-14-5-4-13(18-19-14)12-2-3-12/h4-5,12H,2-3,6-11H2,1H3,(H,17,19,22). The molecule has 1 atom stereocenters. The average molecular weight is 301 g/mol. The molecule has 2 aliphatic heterocycles. The average Bonchev–Trinajstić information content (AvgIpc) is 3.19. The fourth-order valence-corrected chi connectivity index (χ4v) is 3.80. The molecular weight excluding hydrogens is 278 g/mol. The minimum Gasteiger partial charge on any atom is -0.324 e. The molecule has 4 rings (SSSR count). The van der Waals surface area contributed by atoms with Crippen LogP contribution in [0.1, 0.15) is 37.3 Å². The number of urea groups is 1. The molecule has 2 saturated heterocycles. The molecule has 3 heterocycles. The zero-order chi connectivity index (χ0) is 15.2. The van der Waals surface area contributed by atoms with Crippen molar-refractivity contribution in [3.63, 3.8) is 0 Å². The molecule has 0 radical (unpaired) electrons. The summed E-state index contributed by atoms with van der Waals surface area (Å²) in [6.07, 6.45) is 4.73. The maximum Gasteiger partial charge on any atom is 0.323 e. The number of rotatable bonds is 2. The quantitative estimate of drug-likeness (QED) is 0.906. The molecule has 0 bridgehead atoms. The third-order valence-corrected chi connectivity index (χ3v) is 5.27. The van der Waals surface area contributed by atoms with Gasteiger partial charge >= 0.3 is 6.03 Å². The number of nitrogens with one attached hydrogen (secondary N) is 1.